The molecule has 2 fully saturated rings. The molecule has 2 saturated heterocycles. The number of nitrogens with zero attached hydrogens (tertiary/aromatic N) is 2. The fourth-order valence-corrected chi connectivity index (χ4v) is 3.88. The Morgan fingerprint density at radius 1 is 1.30 bits per heavy atom. The van der Waals surface area contributed by atoms with Crippen LogP contribution in [0.5, 0.6) is 0 Å². The molecular formula is C19H21FN2O4S. The van der Waals surface area contributed by atoms with Crippen LogP contribution in [0.2, 0.25) is 0 Å². The molecule has 0 spiro atoms. The van der Waals surface area contributed by atoms with Gasteiger partial charge in [0, 0.05) is 13.1 Å². The number of hydrogen-bond donors (Lipinski definition) is 0. The van der Waals surface area contributed by atoms with E-state index >= 15 is 0 Å². The molecule has 0 aliphatic carbocycles. The summed E-state index contributed by atoms with van der Waals surface area (Å²) in [6, 6.07) is 4.77. The lowest BCUT2D eigenvalue weighted by molar-refractivity contribution is -0.149. The third-order valence-corrected chi connectivity index (χ3v) is 5.15. The zero-order valence-corrected chi connectivity index (χ0v) is 16.1. The Bertz CT molecular complexity index is 803. The van der Waals surface area contributed by atoms with E-state index in [1.165, 1.54) is 12.1 Å². The van der Waals surface area contributed by atoms with Gasteiger partial charge in [-0.2, -0.15) is 0 Å². The van der Waals surface area contributed by atoms with Crippen LogP contribution in [0, 0.1) is 5.82 Å². The summed E-state index contributed by atoms with van der Waals surface area (Å²) < 4.78 is 19.4. The number of anilines is 1. The Balaban J connectivity index is 1.73. The second-order valence-electron chi connectivity index (χ2n) is 6.71. The van der Waals surface area contributed by atoms with Crippen LogP contribution in [0.3, 0.4) is 0 Å². The van der Waals surface area contributed by atoms with E-state index in [0.717, 1.165) is 42.6 Å². The van der Waals surface area contributed by atoms with Crippen molar-refractivity contribution >= 4 is 40.6 Å². The maximum atomic E-state index is 14.4. The molecule has 3 rings (SSSR count). The van der Waals surface area contributed by atoms with E-state index in [-0.39, 0.29) is 16.8 Å². The number of thioether (sulfide) groups is 1. The fraction of sp³-hybridized carbons (Fsp3) is 0.421. The second-order valence-corrected chi connectivity index (χ2v) is 7.70. The van der Waals surface area contributed by atoms with E-state index in [4.69, 9.17) is 4.74 Å². The van der Waals surface area contributed by atoms with Gasteiger partial charge in [0.2, 0.25) is 0 Å². The van der Waals surface area contributed by atoms with Crippen molar-refractivity contribution in [2.75, 3.05) is 24.5 Å². The molecule has 0 saturated carbocycles. The quantitative estimate of drug-likeness (QED) is 0.565. The monoisotopic (exact) mass is 392 g/mol. The predicted molar refractivity (Wildman–Crippen MR) is 102 cm³/mol. The number of carbonyl (C=O) groups is 3. The third kappa shape index (κ3) is 4.50. The number of esters is 1. The van der Waals surface area contributed by atoms with Crippen molar-refractivity contribution in [3.8, 4) is 0 Å². The Labute approximate surface area is 161 Å². The highest BCUT2D eigenvalue weighted by molar-refractivity contribution is 8.18. The van der Waals surface area contributed by atoms with Gasteiger partial charge in [0.05, 0.1) is 16.7 Å². The molecule has 6 nitrogen and oxygen atoms in total. The van der Waals surface area contributed by atoms with E-state index in [1.807, 2.05) is 4.90 Å². The van der Waals surface area contributed by atoms with Crippen molar-refractivity contribution in [3.05, 3.63) is 34.5 Å². The molecule has 2 heterocycles. The average Bonchev–Trinajstić information content (AvgIpc) is 3.19. The first-order valence-corrected chi connectivity index (χ1v) is 9.66. The summed E-state index contributed by atoms with van der Waals surface area (Å²) >= 11 is 0.731. The first kappa shape index (κ1) is 19.4. The van der Waals surface area contributed by atoms with Crippen LogP contribution in [0.15, 0.2) is 23.1 Å². The molecule has 0 aromatic heterocycles. The van der Waals surface area contributed by atoms with Gasteiger partial charge in [-0.3, -0.25) is 19.3 Å². The minimum atomic E-state index is -0.644. The number of carbonyl (C=O) groups excluding carboxylic acids is 3. The van der Waals surface area contributed by atoms with Crippen LogP contribution in [-0.2, 0) is 14.3 Å². The average molecular weight is 392 g/mol. The molecule has 144 valence electrons. The molecule has 0 bridgehead atoms. The van der Waals surface area contributed by atoms with Gasteiger partial charge in [-0.25, -0.2) is 4.39 Å². The fourth-order valence-electron chi connectivity index (χ4n) is 3.04. The van der Waals surface area contributed by atoms with Crippen LogP contribution in [0.25, 0.3) is 6.08 Å². The van der Waals surface area contributed by atoms with Gasteiger partial charge in [0.1, 0.15) is 12.4 Å². The Morgan fingerprint density at radius 2 is 2.00 bits per heavy atom. The van der Waals surface area contributed by atoms with Crippen molar-refractivity contribution in [3.63, 3.8) is 0 Å². The number of benzene rings is 1. The van der Waals surface area contributed by atoms with E-state index in [9.17, 15) is 18.8 Å². The van der Waals surface area contributed by atoms with Gasteiger partial charge in [0.15, 0.2) is 0 Å². The highest BCUT2D eigenvalue weighted by Gasteiger charge is 2.36. The van der Waals surface area contributed by atoms with Crippen LogP contribution < -0.4 is 4.90 Å². The summed E-state index contributed by atoms with van der Waals surface area (Å²) in [6.45, 7) is 4.61. The number of ether oxygens (including phenoxy) is 1. The lowest BCUT2D eigenvalue weighted by Crippen LogP contribution is -2.35. The molecule has 0 N–H and O–H groups in total. The summed E-state index contributed by atoms with van der Waals surface area (Å²) in [7, 11) is 0. The Hall–Kier alpha value is -2.35. The zero-order chi connectivity index (χ0) is 19.6. The Morgan fingerprint density at radius 3 is 2.63 bits per heavy atom. The van der Waals surface area contributed by atoms with Gasteiger partial charge in [-0.15, -0.1) is 0 Å². The number of imide groups is 1. The number of amides is 2. The lowest BCUT2D eigenvalue weighted by Gasteiger charge is -2.18. The lowest BCUT2D eigenvalue weighted by atomic mass is 10.1. The van der Waals surface area contributed by atoms with Crippen LogP contribution in [0.1, 0.15) is 32.3 Å². The van der Waals surface area contributed by atoms with E-state index < -0.39 is 23.7 Å². The van der Waals surface area contributed by atoms with Crippen LogP contribution in [0.4, 0.5) is 14.9 Å². The van der Waals surface area contributed by atoms with Gasteiger partial charge in [-0.1, -0.05) is 6.07 Å². The van der Waals surface area contributed by atoms with Gasteiger partial charge >= 0.3 is 5.97 Å². The van der Waals surface area contributed by atoms with E-state index in [1.54, 1.807) is 26.0 Å². The van der Waals surface area contributed by atoms with E-state index in [2.05, 4.69) is 0 Å². The number of rotatable bonds is 5. The highest BCUT2D eigenvalue weighted by Crippen LogP contribution is 2.33. The third-order valence-electron chi connectivity index (χ3n) is 4.24. The Kier molecular flexibility index (Phi) is 5.84. The molecule has 0 radical (unpaired) electrons. The summed E-state index contributed by atoms with van der Waals surface area (Å²) in [5.74, 6) is -1.57. The topological polar surface area (TPSA) is 66.9 Å². The molecule has 2 aliphatic heterocycles. The summed E-state index contributed by atoms with van der Waals surface area (Å²) in [5.41, 5.74) is 1.04. The van der Waals surface area contributed by atoms with Gasteiger partial charge < -0.3 is 9.64 Å². The maximum absolute atomic E-state index is 14.4. The molecule has 2 amide bonds. The normalized spacial score (nSPS) is 18.9. The standard InChI is InChI=1S/C19H21FN2O4S/c1-12(2)26-17(23)11-22-18(24)16(27-19(22)25)10-13-5-6-15(14(20)9-13)21-7-3-4-8-21/h5-6,9-10,12H,3-4,7-8,11H2,1-2H3/b16-10-. The van der Waals surface area contributed by atoms with Crippen molar-refractivity contribution in [1.82, 2.24) is 4.90 Å². The van der Waals surface area contributed by atoms with Crippen LogP contribution >= 0.6 is 11.8 Å². The summed E-state index contributed by atoms with van der Waals surface area (Å²) in [5, 5.41) is -0.541. The zero-order valence-electron chi connectivity index (χ0n) is 15.2. The molecular weight excluding hydrogens is 371 g/mol. The van der Waals surface area contributed by atoms with Crippen molar-refractivity contribution in [2.45, 2.75) is 32.8 Å². The first-order valence-electron chi connectivity index (χ1n) is 8.84. The maximum Gasteiger partial charge on any atom is 0.326 e. The van der Waals surface area contributed by atoms with Crippen molar-refractivity contribution in [2.24, 2.45) is 0 Å². The molecule has 1 aromatic rings. The van der Waals surface area contributed by atoms with E-state index in [0.29, 0.717) is 11.3 Å². The number of hydrogen-bond acceptors (Lipinski definition) is 6. The summed E-state index contributed by atoms with van der Waals surface area (Å²) in [6.07, 6.45) is 3.24. The van der Waals surface area contributed by atoms with Crippen molar-refractivity contribution in [1.29, 1.82) is 0 Å². The smallest absolute Gasteiger partial charge is 0.326 e. The second kappa shape index (κ2) is 8.12. The molecule has 2 aliphatic rings. The largest absolute Gasteiger partial charge is 0.462 e. The molecule has 8 heteroatoms. The molecule has 0 atom stereocenters. The molecule has 0 unspecified atom stereocenters. The minimum Gasteiger partial charge on any atom is -0.462 e. The molecule has 1 aromatic carbocycles. The summed E-state index contributed by atoms with van der Waals surface area (Å²) in [4.78, 5) is 39.2. The van der Waals surface area contributed by atoms with Crippen LogP contribution in [-0.4, -0.2) is 47.8 Å². The SMILES string of the molecule is CC(C)OC(=O)CN1C(=O)S/C(=C\c2ccc(N3CCCC3)c(F)c2)C1=O. The van der Waals surface area contributed by atoms with Crippen molar-refractivity contribution < 1.29 is 23.5 Å². The number of halogens is 1. The predicted octanol–water partition coefficient (Wildman–Crippen LogP) is 3.41. The first-order chi connectivity index (χ1) is 12.8. The van der Waals surface area contributed by atoms with Gasteiger partial charge in [0.25, 0.3) is 11.1 Å². The van der Waals surface area contributed by atoms with Gasteiger partial charge in [-0.05, 0) is 62.2 Å². The minimum absolute atomic E-state index is 0.158. The highest BCUT2D eigenvalue weighted by atomic mass is 32.2. The molecule has 27 heavy (non-hydrogen) atoms.